The number of aryl methyl sites for hydroxylation is 1. The fraction of sp³-hybridized carbons (Fsp3) is 0.250. The van der Waals surface area contributed by atoms with Crippen LogP contribution < -0.4 is 5.73 Å². The van der Waals surface area contributed by atoms with Crippen LogP contribution in [-0.2, 0) is 6.54 Å². The number of benzene rings is 1. The average Bonchev–Trinajstić information content (AvgIpc) is 2.04. The first kappa shape index (κ1) is 10.4. The van der Waals surface area contributed by atoms with Crippen molar-refractivity contribution in [3.63, 3.8) is 0 Å². The molecule has 70 valence electrons. The Morgan fingerprint density at radius 1 is 1.62 bits per heavy atom. The first-order valence-electron chi connectivity index (χ1n) is 3.70. The second-order valence-electron chi connectivity index (χ2n) is 2.66. The summed E-state index contributed by atoms with van der Waals surface area (Å²) in [6.45, 7) is 2.24. The van der Waals surface area contributed by atoms with Crippen LogP contribution in [0.4, 0.5) is 5.69 Å². The average molecular weight is 292 g/mol. The first-order valence-corrected chi connectivity index (χ1v) is 4.78. The summed E-state index contributed by atoms with van der Waals surface area (Å²) < 4.78 is 0.644. The molecule has 0 spiro atoms. The third-order valence-corrected chi connectivity index (χ3v) is 3.06. The molecule has 0 radical (unpaired) electrons. The van der Waals surface area contributed by atoms with Crippen molar-refractivity contribution in [3.05, 3.63) is 36.9 Å². The number of halogens is 1. The van der Waals surface area contributed by atoms with Gasteiger partial charge in [0.05, 0.1) is 8.49 Å². The lowest BCUT2D eigenvalue weighted by Crippen LogP contribution is -2.04. The topological polar surface area (TPSA) is 69.2 Å². The van der Waals surface area contributed by atoms with Crippen molar-refractivity contribution in [2.45, 2.75) is 13.5 Å². The van der Waals surface area contributed by atoms with E-state index in [0.29, 0.717) is 10.1 Å². The number of hydrogen-bond acceptors (Lipinski definition) is 3. The second-order valence-corrected chi connectivity index (χ2v) is 3.73. The summed E-state index contributed by atoms with van der Waals surface area (Å²) >= 11 is 1.96. The van der Waals surface area contributed by atoms with Crippen LogP contribution in [0.2, 0.25) is 0 Å². The van der Waals surface area contributed by atoms with E-state index < -0.39 is 0 Å². The minimum atomic E-state index is -0.389. The van der Waals surface area contributed by atoms with Gasteiger partial charge in [-0.2, -0.15) is 0 Å². The maximum Gasteiger partial charge on any atom is 0.282 e. The van der Waals surface area contributed by atoms with Gasteiger partial charge in [-0.15, -0.1) is 0 Å². The monoisotopic (exact) mass is 292 g/mol. The third kappa shape index (κ3) is 1.97. The van der Waals surface area contributed by atoms with Crippen molar-refractivity contribution in [2.75, 3.05) is 0 Å². The van der Waals surface area contributed by atoms with Crippen molar-refractivity contribution in [1.82, 2.24) is 0 Å². The van der Waals surface area contributed by atoms with Crippen LogP contribution in [0.25, 0.3) is 0 Å². The van der Waals surface area contributed by atoms with Gasteiger partial charge < -0.3 is 5.73 Å². The molecule has 13 heavy (non-hydrogen) atoms. The predicted molar refractivity (Wildman–Crippen MR) is 58.4 cm³/mol. The van der Waals surface area contributed by atoms with Gasteiger partial charge in [0.1, 0.15) is 0 Å². The number of nitrogens with zero attached hydrogens (tertiary/aromatic N) is 1. The Balaban J connectivity index is 3.35. The number of nitro groups is 1. The van der Waals surface area contributed by atoms with Crippen LogP contribution in [0.5, 0.6) is 0 Å². The highest BCUT2D eigenvalue weighted by Gasteiger charge is 2.15. The van der Waals surface area contributed by atoms with E-state index in [0.717, 1.165) is 11.1 Å². The molecule has 1 rings (SSSR count). The van der Waals surface area contributed by atoms with Gasteiger partial charge in [0, 0.05) is 12.6 Å². The highest BCUT2D eigenvalue weighted by Crippen LogP contribution is 2.26. The van der Waals surface area contributed by atoms with E-state index in [1.54, 1.807) is 6.07 Å². The van der Waals surface area contributed by atoms with Crippen LogP contribution in [0.3, 0.4) is 0 Å². The predicted octanol–water partition coefficient (Wildman–Crippen LogP) is 1.97. The summed E-state index contributed by atoms with van der Waals surface area (Å²) in [5.74, 6) is 0. The highest BCUT2D eigenvalue weighted by atomic mass is 127. The zero-order valence-electron chi connectivity index (χ0n) is 7.08. The molecule has 1 aromatic carbocycles. The van der Waals surface area contributed by atoms with Crippen LogP contribution in [0, 0.1) is 20.6 Å². The number of nitrogens with two attached hydrogens (primary N) is 1. The first-order chi connectivity index (χ1) is 6.07. The van der Waals surface area contributed by atoms with Crippen molar-refractivity contribution in [1.29, 1.82) is 0 Å². The normalized spacial score (nSPS) is 10.1. The molecule has 0 bridgehead atoms. The largest absolute Gasteiger partial charge is 0.326 e. The molecule has 0 aliphatic rings. The Labute approximate surface area is 89.4 Å². The van der Waals surface area contributed by atoms with E-state index in [4.69, 9.17) is 5.73 Å². The molecule has 0 amide bonds. The highest BCUT2D eigenvalue weighted by molar-refractivity contribution is 14.1. The zero-order chi connectivity index (χ0) is 10.0. The molecular formula is C8H9IN2O2. The summed E-state index contributed by atoms with van der Waals surface area (Å²) in [5, 5.41) is 10.6. The van der Waals surface area contributed by atoms with E-state index in [9.17, 15) is 10.1 Å². The molecule has 0 saturated carbocycles. The Morgan fingerprint density at radius 3 is 2.69 bits per heavy atom. The molecule has 5 heteroatoms. The molecule has 2 N–H and O–H groups in total. The molecule has 0 aliphatic carbocycles. The van der Waals surface area contributed by atoms with Gasteiger partial charge in [0.15, 0.2) is 0 Å². The van der Waals surface area contributed by atoms with E-state index >= 15 is 0 Å². The molecule has 0 atom stereocenters. The maximum atomic E-state index is 10.6. The molecule has 0 aliphatic heterocycles. The van der Waals surface area contributed by atoms with Gasteiger partial charge in [-0.05, 0) is 40.6 Å². The standard InChI is InChI=1S/C8H9IN2O2/c1-5-2-3-7(11(12)13)8(9)6(5)4-10/h2-3H,4,10H2,1H3. The molecule has 4 nitrogen and oxygen atoms in total. The van der Waals surface area contributed by atoms with Crippen molar-refractivity contribution >= 4 is 28.3 Å². The molecule has 1 aromatic rings. The molecular weight excluding hydrogens is 283 g/mol. The fourth-order valence-corrected chi connectivity index (χ4v) is 2.12. The van der Waals surface area contributed by atoms with Crippen molar-refractivity contribution < 1.29 is 4.92 Å². The van der Waals surface area contributed by atoms with Gasteiger partial charge in [-0.1, -0.05) is 6.07 Å². The van der Waals surface area contributed by atoms with Crippen LogP contribution in [0.1, 0.15) is 11.1 Å². The summed E-state index contributed by atoms with van der Waals surface area (Å²) in [7, 11) is 0. The Kier molecular flexibility index (Phi) is 3.21. The lowest BCUT2D eigenvalue weighted by atomic mass is 10.1. The number of hydrogen-bond donors (Lipinski definition) is 1. The zero-order valence-corrected chi connectivity index (χ0v) is 9.24. The molecule has 0 unspecified atom stereocenters. The van der Waals surface area contributed by atoms with Gasteiger partial charge in [-0.25, -0.2) is 0 Å². The molecule has 0 aromatic heterocycles. The lowest BCUT2D eigenvalue weighted by Gasteiger charge is -2.05. The summed E-state index contributed by atoms with van der Waals surface area (Å²) in [5.41, 5.74) is 7.48. The number of rotatable bonds is 2. The maximum absolute atomic E-state index is 10.6. The Hall–Kier alpha value is -0.690. The molecule has 0 fully saturated rings. The van der Waals surface area contributed by atoms with Crippen LogP contribution in [-0.4, -0.2) is 4.92 Å². The van der Waals surface area contributed by atoms with Crippen molar-refractivity contribution in [2.24, 2.45) is 5.73 Å². The van der Waals surface area contributed by atoms with E-state index in [2.05, 4.69) is 0 Å². The van der Waals surface area contributed by atoms with Gasteiger partial charge in [-0.3, -0.25) is 10.1 Å². The van der Waals surface area contributed by atoms with Gasteiger partial charge in [0.25, 0.3) is 5.69 Å². The number of nitro benzene ring substituents is 1. The smallest absolute Gasteiger partial charge is 0.282 e. The molecule has 0 saturated heterocycles. The van der Waals surface area contributed by atoms with E-state index in [-0.39, 0.29) is 10.6 Å². The lowest BCUT2D eigenvalue weighted by molar-refractivity contribution is -0.385. The second kappa shape index (κ2) is 4.01. The summed E-state index contributed by atoms with van der Waals surface area (Å²) in [6.07, 6.45) is 0. The van der Waals surface area contributed by atoms with Gasteiger partial charge in [0.2, 0.25) is 0 Å². The summed E-state index contributed by atoms with van der Waals surface area (Å²) in [6, 6.07) is 3.23. The quantitative estimate of drug-likeness (QED) is 0.514. The van der Waals surface area contributed by atoms with Crippen molar-refractivity contribution in [3.8, 4) is 0 Å². The minimum Gasteiger partial charge on any atom is -0.326 e. The van der Waals surface area contributed by atoms with Crippen LogP contribution in [0.15, 0.2) is 12.1 Å². The van der Waals surface area contributed by atoms with Crippen LogP contribution >= 0.6 is 22.6 Å². The van der Waals surface area contributed by atoms with Gasteiger partial charge >= 0.3 is 0 Å². The van der Waals surface area contributed by atoms with E-state index in [1.807, 2.05) is 29.5 Å². The Bertz CT molecular complexity index is 352. The molecule has 0 heterocycles. The Morgan fingerprint density at radius 2 is 2.23 bits per heavy atom. The SMILES string of the molecule is Cc1ccc([N+](=O)[O-])c(I)c1CN. The van der Waals surface area contributed by atoms with E-state index in [1.165, 1.54) is 6.07 Å². The summed E-state index contributed by atoms with van der Waals surface area (Å²) in [4.78, 5) is 10.2. The minimum absolute atomic E-state index is 0.131. The fourth-order valence-electron chi connectivity index (χ4n) is 1.10. The third-order valence-electron chi connectivity index (χ3n) is 1.86.